The van der Waals surface area contributed by atoms with E-state index in [9.17, 15) is 0 Å². The SMILES string of the molecule is c1ccc(-c2ccc(N3c4ccccc4B(c4c(-c5ccccc5)cccc4-c4ccccc4)c4ccccc43)cc2)cc1. The molecular weight excluding hydrogens is 529 g/mol. The Balaban J connectivity index is 1.36. The fraction of sp³-hybridized carbons (Fsp3) is 0. The van der Waals surface area contributed by atoms with E-state index in [1.165, 1.54) is 61.1 Å². The molecule has 1 heterocycles. The molecule has 0 aromatic heterocycles. The van der Waals surface area contributed by atoms with Crippen LogP contribution in [0.5, 0.6) is 0 Å². The van der Waals surface area contributed by atoms with Gasteiger partial charge < -0.3 is 4.90 Å². The predicted octanol–water partition coefficient (Wildman–Crippen LogP) is 8.99. The van der Waals surface area contributed by atoms with Crippen LogP contribution in [0.1, 0.15) is 0 Å². The van der Waals surface area contributed by atoms with Crippen LogP contribution >= 0.6 is 0 Å². The fourth-order valence-electron chi connectivity index (χ4n) is 6.81. The van der Waals surface area contributed by atoms with Crippen LogP contribution in [0.15, 0.2) is 182 Å². The van der Waals surface area contributed by atoms with E-state index in [-0.39, 0.29) is 6.71 Å². The van der Waals surface area contributed by atoms with Gasteiger partial charge in [0.05, 0.1) is 0 Å². The summed E-state index contributed by atoms with van der Waals surface area (Å²) < 4.78 is 0. The number of benzene rings is 7. The van der Waals surface area contributed by atoms with Gasteiger partial charge in [-0.15, -0.1) is 0 Å². The largest absolute Gasteiger partial charge is 0.312 e. The molecule has 0 saturated carbocycles. The molecule has 7 aromatic rings. The summed E-state index contributed by atoms with van der Waals surface area (Å²) in [6.07, 6.45) is 0. The molecule has 0 saturated heterocycles. The molecule has 1 aliphatic rings. The molecule has 0 unspecified atom stereocenters. The number of hydrogen-bond acceptors (Lipinski definition) is 1. The van der Waals surface area contributed by atoms with Gasteiger partial charge >= 0.3 is 0 Å². The summed E-state index contributed by atoms with van der Waals surface area (Å²) >= 11 is 0. The van der Waals surface area contributed by atoms with Gasteiger partial charge in [-0.1, -0.05) is 163 Å². The molecular formula is C42H30BN. The van der Waals surface area contributed by atoms with Gasteiger partial charge in [-0.2, -0.15) is 0 Å². The van der Waals surface area contributed by atoms with E-state index < -0.39 is 0 Å². The van der Waals surface area contributed by atoms with Crippen LogP contribution in [0, 0.1) is 0 Å². The van der Waals surface area contributed by atoms with Gasteiger partial charge in [0.2, 0.25) is 6.71 Å². The van der Waals surface area contributed by atoms with Crippen molar-refractivity contribution in [3.63, 3.8) is 0 Å². The minimum atomic E-state index is 0.0499. The zero-order chi connectivity index (χ0) is 29.3. The Labute approximate surface area is 259 Å². The number of nitrogens with zero attached hydrogens (tertiary/aromatic N) is 1. The van der Waals surface area contributed by atoms with Crippen molar-refractivity contribution in [2.24, 2.45) is 0 Å². The van der Waals surface area contributed by atoms with Gasteiger partial charge in [-0.25, -0.2) is 0 Å². The molecule has 0 fully saturated rings. The van der Waals surface area contributed by atoms with E-state index in [2.05, 4.69) is 187 Å². The lowest BCUT2D eigenvalue weighted by Gasteiger charge is -2.38. The molecule has 8 rings (SSSR count). The molecule has 0 atom stereocenters. The van der Waals surface area contributed by atoms with Crippen LogP contribution in [0.4, 0.5) is 17.1 Å². The van der Waals surface area contributed by atoms with E-state index in [1.54, 1.807) is 0 Å². The zero-order valence-corrected chi connectivity index (χ0v) is 24.3. The topological polar surface area (TPSA) is 3.24 Å². The van der Waals surface area contributed by atoms with Crippen molar-refractivity contribution < 1.29 is 0 Å². The number of rotatable bonds is 5. The van der Waals surface area contributed by atoms with Crippen molar-refractivity contribution in [2.45, 2.75) is 0 Å². The van der Waals surface area contributed by atoms with E-state index >= 15 is 0 Å². The van der Waals surface area contributed by atoms with Crippen LogP contribution in [0.2, 0.25) is 0 Å². The number of hydrogen-bond donors (Lipinski definition) is 0. The summed E-state index contributed by atoms with van der Waals surface area (Å²) in [6.45, 7) is 0.0499. The molecule has 44 heavy (non-hydrogen) atoms. The first-order chi connectivity index (χ1) is 21.9. The van der Waals surface area contributed by atoms with E-state index in [0.717, 1.165) is 5.69 Å². The second kappa shape index (κ2) is 11.2. The minimum Gasteiger partial charge on any atom is -0.312 e. The summed E-state index contributed by atoms with van der Waals surface area (Å²) in [5.74, 6) is 0. The van der Waals surface area contributed by atoms with Gasteiger partial charge in [-0.05, 0) is 68.6 Å². The molecule has 0 spiro atoms. The summed E-state index contributed by atoms with van der Waals surface area (Å²) in [4.78, 5) is 2.43. The van der Waals surface area contributed by atoms with E-state index in [4.69, 9.17) is 0 Å². The van der Waals surface area contributed by atoms with Crippen molar-refractivity contribution in [2.75, 3.05) is 4.90 Å². The predicted molar refractivity (Wildman–Crippen MR) is 189 cm³/mol. The maximum atomic E-state index is 2.43. The highest BCUT2D eigenvalue weighted by atomic mass is 15.1. The van der Waals surface area contributed by atoms with Crippen LogP contribution in [-0.2, 0) is 0 Å². The molecule has 206 valence electrons. The molecule has 2 heteroatoms. The summed E-state index contributed by atoms with van der Waals surface area (Å²) in [7, 11) is 0. The number of anilines is 3. The van der Waals surface area contributed by atoms with Gasteiger partial charge in [0.1, 0.15) is 0 Å². The van der Waals surface area contributed by atoms with Gasteiger partial charge in [0.15, 0.2) is 0 Å². The molecule has 0 radical (unpaired) electrons. The monoisotopic (exact) mass is 559 g/mol. The maximum Gasteiger partial charge on any atom is 0.248 e. The summed E-state index contributed by atoms with van der Waals surface area (Å²) in [5.41, 5.74) is 15.0. The maximum absolute atomic E-state index is 2.43. The number of fused-ring (bicyclic) bond motifs is 2. The Hall–Kier alpha value is -5.60. The van der Waals surface area contributed by atoms with Crippen molar-refractivity contribution in [1.82, 2.24) is 0 Å². The lowest BCUT2D eigenvalue weighted by molar-refractivity contribution is 1.29. The normalized spacial score (nSPS) is 12.0. The van der Waals surface area contributed by atoms with Gasteiger partial charge in [-0.3, -0.25) is 0 Å². The van der Waals surface area contributed by atoms with Crippen LogP contribution in [-0.4, -0.2) is 6.71 Å². The fourth-order valence-corrected chi connectivity index (χ4v) is 6.81. The van der Waals surface area contributed by atoms with Crippen molar-refractivity contribution in [1.29, 1.82) is 0 Å². The third-order valence-electron chi connectivity index (χ3n) is 8.77. The van der Waals surface area contributed by atoms with Crippen LogP contribution < -0.4 is 21.3 Å². The first-order valence-corrected chi connectivity index (χ1v) is 15.2. The van der Waals surface area contributed by atoms with Crippen molar-refractivity contribution >= 4 is 40.2 Å². The van der Waals surface area contributed by atoms with Crippen LogP contribution in [0.25, 0.3) is 33.4 Å². The lowest BCUT2D eigenvalue weighted by Crippen LogP contribution is -2.58. The highest BCUT2D eigenvalue weighted by Crippen LogP contribution is 2.38. The first kappa shape index (κ1) is 26.1. The Kier molecular flexibility index (Phi) is 6.66. The van der Waals surface area contributed by atoms with Crippen molar-refractivity contribution in [3.8, 4) is 33.4 Å². The third-order valence-corrected chi connectivity index (χ3v) is 8.77. The molecule has 1 nitrogen and oxygen atoms in total. The Morgan fingerprint density at radius 1 is 0.318 bits per heavy atom. The molecule has 0 N–H and O–H groups in total. The average Bonchev–Trinajstić information content (AvgIpc) is 3.11. The molecule has 7 aromatic carbocycles. The highest BCUT2D eigenvalue weighted by Gasteiger charge is 2.37. The summed E-state index contributed by atoms with van der Waals surface area (Å²) in [5, 5.41) is 0. The number of para-hydroxylation sites is 2. The third kappa shape index (κ3) is 4.53. The smallest absolute Gasteiger partial charge is 0.248 e. The Bertz CT molecular complexity index is 1950. The quantitative estimate of drug-likeness (QED) is 0.190. The molecule has 1 aliphatic heterocycles. The van der Waals surface area contributed by atoms with Gasteiger partial charge in [0.25, 0.3) is 0 Å². The van der Waals surface area contributed by atoms with E-state index in [1.807, 2.05) is 0 Å². The first-order valence-electron chi connectivity index (χ1n) is 15.2. The highest BCUT2D eigenvalue weighted by molar-refractivity contribution is 6.99. The zero-order valence-electron chi connectivity index (χ0n) is 24.3. The molecule has 0 aliphatic carbocycles. The average molecular weight is 560 g/mol. The second-order valence-electron chi connectivity index (χ2n) is 11.3. The Morgan fingerprint density at radius 2 is 0.727 bits per heavy atom. The van der Waals surface area contributed by atoms with Gasteiger partial charge in [0, 0.05) is 17.1 Å². The molecule has 0 amide bonds. The lowest BCUT2D eigenvalue weighted by atomic mass is 9.33. The molecule has 0 bridgehead atoms. The Morgan fingerprint density at radius 3 is 1.23 bits per heavy atom. The summed E-state index contributed by atoms with van der Waals surface area (Å²) in [6, 6.07) is 65.9. The van der Waals surface area contributed by atoms with Crippen molar-refractivity contribution in [3.05, 3.63) is 182 Å². The standard InChI is InChI=1S/C42H30BN/c1-4-15-31(16-5-1)32-27-29-35(30-28-32)44-40-25-12-10-23-38(40)43(39-24-11-13-26-41(39)44)42-36(33-17-6-2-7-18-33)21-14-22-37(42)34-19-8-3-9-20-34/h1-30H. The second-order valence-corrected chi connectivity index (χ2v) is 11.3. The minimum absolute atomic E-state index is 0.0499. The van der Waals surface area contributed by atoms with Crippen LogP contribution in [0.3, 0.4) is 0 Å². The van der Waals surface area contributed by atoms with E-state index in [0.29, 0.717) is 0 Å².